The number of rotatable bonds is 5. The molecule has 3 heterocycles. The molecule has 3 amide bonds. The van der Waals surface area contributed by atoms with Crippen molar-refractivity contribution in [2.24, 2.45) is 5.92 Å². The third kappa shape index (κ3) is 7.64. The second-order valence-electron chi connectivity index (χ2n) is 13.0. The number of methoxy groups -OCH3 is 2. The number of amides is 3. The van der Waals surface area contributed by atoms with Crippen molar-refractivity contribution in [3.8, 4) is 5.75 Å². The van der Waals surface area contributed by atoms with Crippen LogP contribution in [0.2, 0.25) is 5.02 Å². The normalized spacial score (nSPS) is 33.2. The van der Waals surface area contributed by atoms with Crippen LogP contribution >= 0.6 is 11.6 Å². The van der Waals surface area contributed by atoms with Crippen LogP contribution in [0.15, 0.2) is 35.9 Å². The number of esters is 1. The van der Waals surface area contributed by atoms with Crippen LogP contribution in [-0.4, -0.2) is 104 Å². The van der Waals surface area contributed by atoms with Crippen molar-refractivity contribution in [3.05, 3.63) is 46.5 Å². The average Bonchev–Trinajstić information content (AvgIpc) is 3.73. The van der Waals surface area contributed by atoms with Crippen LogP contribution < -0.4 is 15.0 Å². The standard InChI is InChI=1S/C34H46ClN3O10/c1-18-11-10-12-26(45-9)34(43)17-25(46-32(42)36-34)19(2)30-33(5,48-30)27(47-31(41)20(3)37(6)21(4)39)16-28(40)38(7)23-14-22(13-18)15-24(44-8)29(23)35/h10-12,14-15,19-20,25-27,30,43H,13,16-17H2,1-9H3,(H,36,42)/b12-10+,18-11+/t19-,20-,25+,26-,27+,30?,33+,34+/m1/s1. The number of carbonyl (C=O) groups is 4. The molecule has 14 heteroatoms. The molecule has 1 aromatic carbocycles. The molecule has 2 N–H and O–H groups in total. The first-order chi connectivity index (χ1) is 22.4. The van der Waals surface area contributed by atoms with Gasteiger partial charge in [-0.3, -0.25) is 14.9 Å². The van der Waals surface area contributed by atoms with Crippen molar-refractivity contribution in [1.82, 2.24) is 10.2 Å². The van der Waals surface area contributed by atoms with Crippen molar-refractivity contribution < 1.29 is 48.0 Å². The number of halogens is 1. The Labute approximate surface area is 286 Å². The summed E-state index contributed by atoms with van der Waals surface area (Å²) in [5, 5.41) is 14.4. The fourth-order valence-electron chi connectivity index (χ4n) is 6.27. The summed E-state index contributed by atoms with van der Waals surface area (Å²) in [6, 6.07) is 2.63. The summed E-state index contributed by atoms with van der Waals surface area (Å²) in [7, 11) is 5.97. The third-order valence-electron chi connectivity index (χ3n) is 9.63. The van der Waals surface area contributed by atoms with Gasteiger partial charge in [0.25, 0.3) is 0 Å². The van der Waals surface area contributed by atoms with Gasteiger partial charge >= 0.3 is 12.1 Å². The molecule has 0 saturated carbocycles. The molecule has 1 aromatic rings. The molecule has 0 radical (unpaired) electrons. The molecule has 264 valence electrons. The first kappa shape index (κ1) is 37.2. The Morgan fingerprint density at radius 2 is 1.94 bits per heavy atom. The lowest BCUT2D eigenvalue weighted by atomic mass is 9.83. The zero-order valence-electron chi connectivity index (χ0n) is 28.9. The SMILES string of the molecule is COc1cc2cc(c1Cl)N(C)C(=O)C[C@H](OC(=O)[C@@H](C)N(C)C(C)=O)[C@]1(C)OC1[C@H](C)[C@@H]1C[C@@](O)(NC(=O)O1)[C@H](OC)/C=C/C=C(\C)C2. The average molecular weight is 692 g/mol. The molecular weight excluding hydrogens is 646 g/mol. The molecular formula is C34H46ClN3O10. The largest absolute Gasteiger partial charge is 0.495 e. The van der Waals surface area contributed by atoms with Crippen molar-refractivity contribution in [3.63, 3.8) is 0 Å². The number of epoxide rings is 1. The molecule has 13 nitrogen and oxygen atoms in total. The van der Waals surface area contributed by atoms with E-state index in [0.29, 0.717) is 17.9 Å². The molecule has 0 aromatic heterocycles. The number of nitrogens with zero attached hydrogens (tertiary/aromatic N) is 2. The lowest BCUT2D eigenvalue weighted by molar-refractivity contribution is -0.161. The molecule has 0 aliphatic carbocycles. The Morgan fingerprint density at radius 3 is 2.56 bits per heavy atom. The van der Waals surface area contributed by atoms with E-state index in [2.05, 4.69) is 5.32 Å². The topological polar surface area (TPSA) is 156 Å². The van der Waals surface area contributed by atoms with Crippen molar-refractivity contribution in [2.75, 3.05) is 33.2 Å². The predicted molar refractivity (Wildman–Crippen MR) is 177 cm³/mol. The van der Waals surface area contributed by atoms with Gasteiger partial charge in [-0.1, -0.05) is 42.3 Å². The van der Waals surface area contributed by atoms with Gasteiger partial charge in [-0.05, 0) is 44.9 Å². The summed E-state index contributed by atoms with van der Waals surface area (Å²) >= 11 is 6.71. The van der Waals surface area contributed by atoms with E-state index in [9.17, 15) is 24.3 Å². The van der Waals surface area contributed by atoms with Crippen molar-refractivity contribution >= 4 is 41.2 Å². The number of alkyl carbamates (subject to hydrolysis) is 1. The number of hydrogen-bond donors (Lipinski definition) is 2. The minimum Gasteiger partial charge on any atom is -0.495 e. The van der Waals surface area contributed by atoms with Gasteiger partial charge in [0.15, 0.2) is 5.72 Å². The number of benzene rings is 1. The Kier molecular flexibility index (Phi) is 11.2. The van der Waals surface area contributed by atoms with Gasteiger partial charge in [0.1, 0.15) is 40.7 Å². The Bertz CT molecular complexity index is 1500. The molecule has 8 atom stereocenters. The maximum absolute atomic E-state index is 14.0. The molecule has 4 rings (SSSR count). The monoisotopic (exact) mass is 691 g/mol. The van der Waals surface area contributed by atoms with Crippen molar-refractivity contribution in [2.45, 2.75) is 95.7 Å². The van der Waals surface area contributed by atoms with Gasteiger partial charge in [0.05, 0.1) is 25.3 Å². The van der Waals surface area contributed by atoms with E-state index in [-0.39, 0.29) is 23.8 Å². The summed E-state index contributed by atoms with van der Waals surface area (Å²) < 4.78 is 28.9. The second-order valence-corrected chi connectivity index (χ2v) is 13.4. The lowest BCUT2D eigenvalue weighted by Crippen LogP contribution is -2.63. The fraction of sp³-hybridized carbons (Fsp3) is 0.588. The number of ether oxygens (including phenoxy) is 5. The fourth-order valence-corrected chi connectivity index (χ4v) is 6.59. The van der Waals surface area contributed by atoms with Gasteiger partial charge in [-0.2, -0.15) is 0 Å². The van der Waals surface area contributed by atoms with Crippen molar-refractivity contribution in [1.29, 1.82) is 0 Å². The van der Waals surface area contributed by atoms with Crippen LogP contribution in [-0.2, 0) is 39.8 Å². The first-order valence-corrected chi connectivity index (χ1v) is 16.2. The molecule has 2 saturated heterocycles. The zero-order chi connectivity index (χ0) is 35.7. The highest BCUT2D eigenvalue weighted by atomic mass is 35.5. The van der Waals surface area contributed by atoms with Crippen LogP contribution in [0.5, 0.6) is 5.75 Å². The van der Waals surface area contributed by atoms with E-state index < -0.39 is 65.7 Å². The molecule has 0 spiro atoms. The number of anilines is 1. The van der Waals surface area contributed by atoms with Gasteiger partial charge in [0.2, 0.25) is 11.8 Å². The van der Waals surface area contributed by atoms with Gasteiger partial charge in [-0.15, -0.1) is 0 Å². The number of allylic oxidation sites excluding steroid dienone is 3. The number of carbonyl (C=O) groups excluding carboxylic acids is 4. The van der Waals surface area contributed by atoms with Crippen LogP contribution in [0, 0.1) is 5.92 Å². The summed E-state index contributed by atoms with van der Waals surface area (Å²) in [5.74, 6) is -1.63. The van der Waals surface area contributed by atoms with E-state index in [4.69, 9.17) is 35.3 Å². The molecule has 48 heavy (non-hydrogen) atoms. The molecule has 1 unspecified atom stereocenters. The highest BCUT2D eigenvalue weighted by Crippen LogP contribution is 2.49. The Morgan fingerprint density at radius 1 is 1.25 bits per heavy atom. The molecule has 2 fully saturated rings. The maximum Gasteiger partial charge on any atom is 0.409 e. The molecule has 3 aliphatic heterocycles. The van der Waals surface area contributed by atoms with Crippen LogP contribution in [0.3, 0.4) is 0 Å². The van der Waals surface area contributed by atoms with E-state index in [0.717, 1.165) is 11.1 Å². The number of nitrogens with one attached hydrogen (secondary N) is 1. The quantitative estimate of drug-likeness (QED) is 0.346. The summed E-state index contributed by atoms with van der Waals surface area (Å²) in [6.07, 6.45) is 1.02. The number of likely N-dealkylation sites (N-methyl/N-ethyl adjacent to an activating group) is 1. The first-order valence-electron chi connectivity index (χ1n) is 15.8. The third-order valence-corrected chi connectivity index (χ3v) is 10.0. The van der Waals surface area contributed by atoms with E-state index >= 15 is 0 Å². The number of aliphatic hydroxyl groups is 1. The summed E-state index contributed by atoms with van der Waals surface area (Å²) in [4.78, 5) is 54.7. The van der Waals surface area contributed by atoms with E-state index in [1.807, 2.05) is 13.0 Å². The van der Waals surface area contributed by atoms with Crippen LogP contribution in [0.1, 0.15) is 53.0 Å². The molecule has 3 aliphatic rings. The highest BCUT2D eigenvalue weighted by Gasteiger charge is 2.64. The summed E-state index contributed by atoms with van der Waals surface area (Å²) in [6.45, 7) is 8.29. The minimum atomic E-state index is -1.81. The van der Waals surface area contributed by atoms with Gasteiger partial charge < -0.3 is 38.6 Å². The van der Waals surface area contributed by atoms with Gasteiger partial charge in [-0.25, -0.2) is 9.59 Å². The highest BCUT2D eigenvalue weighted by molar-refractivity contribution is 6.35. The minimum absolute atomic E-state index is 0.0436. The van der Waals surface area contributed by atoms with E-state index in [1.54, 1.807) is 45.2 Å². The number of fused-ring (bicyclic) bond motifs is 5. The second kappa shape index (κ2) is 14.5. The summed E-state index contributed by atoms with van der Waals surface area (Å²) in [5.41, 5.74) is -0.871. The lowest BCUT2D eigenvalue weighted by Gasteiger charge is -2.42. The van der Waals surface area contributed by atoms with E-state index in [1.165, 1.54) is 44.9 Å². The Hall–Kier alpha value is -3.65. The van der Waals surface area contributed by atoms with Gasteiger partial charge in [0, 0.05) is 40.5 Å². The maximum atomic E-state index is 14.0. The number of hydrogen-bond acceptors (Lipinski definition) is 10. The smallest absolute Gasteiger partial charge is 0.409 e. The molecule has 4 bridgehead atoms. The predicted octanol–water partition coefficient (Wildman–Crippen LogP) is 3.53. The Balaban J connectivity index is 1.80. The van der Waals surface area contributed by atoms with Crippen LogP contribution in [0.25, 0.3) is 0 Å². The zero-order valence-corrected chi connectivity index (χ0v) is 29.6. The van der Waals surface area contributed by atoms with Crippen LogP contribution in [0.4, 0.5) is 10.5 Å².